The summed E-state index contributed by atoms with van der Waals surface area (Å²) in [6.45, 7) is 5.93. The molecule has 6 heteroatoms. The summed E-state index contributed by atoms with van der Waals surface area (Å²) in [7, 11) is -3.51. The second kappa shape index (κ2) is 9.20. The zero-order valence-electron chi connectivity index (χ0n) is 13.5. The van der Waals surface area contributed by atoms with Gasteiger partial charge >= 0.3 is 0 Å². The molecule has 1 unspecified atom stereocenters. The molecule has 0 aliphatic heterocycles. The third-order valence-corrected chi connectivity index (χ3v) is 5.73. The first-order valence-electron chi connectivity index (χ1n) is 7.55. The number of carbonyl (C=O) groups excluding carboxylic acids is 1. The van der Waals surface area contributed by atoms with Crippen molar-refractivity contribution < 1.29 is 13.2 Å². The number of carbonyl (C=O) groups is 1. The van der Waals surface area contributed by atoms with Gasteiger partial charge in [0.2, 0.25) is 15.9 Å². The van der Waals surface area contributed by atoms with Crippen molar-refractivity contribution in [1.82, 2.24) is 4.72 Å². The van der Waals surface area contributed by atoms with E-state index in [0.29, 0.717) is 5.75 Å². The molecule has 0 saturated heterocycles. The summed E-state index contributed by atoms with van der Waals surface area (Å²) >= 11 is 1.55. The van der Waals surface area contributed by atoms with E-state index in [9.17, 15) is 13.2 Å². The Morgan fingerprint density at radius 3 is 2.50 bits per heavy atom. The van der Waals surface area contributed by atoms with Crippen LogP contribution in [0.3, 0.4) is 0 Å². The highest BCUT2D eigenvalue weighted by molar-refractivity contribution is 7.99. The lowest BCUT2D eigenvalue weighted by molar-refractivity contribution is -0.118. The summed E-state index contributed by atoms with van der Waals surface area (Å²) in [5.41, 5.74) is 1.19. The zero-order valence-corrected chi connectivity index (χ0v) is 15.1. The summed E-state index contributed by atoms with van der Waals surface area (Å²) in [6, 6.07) is 8.03. The number of amides is 1. The minimum Gasteiger partial charge on any atom is -0.274 e. The fourth-order valence-electron chi connectivity index (χ4n) is 2.11. The van der Waals surface area contributed by atoms with Crippen LogP contribution in [0.5, 0.6) is 0 Å². The number of benzene rings is 1. The minimum atomic E-state index is -3.51. The van der Waals surface area contributed by atoms with Crippen molar-refractivity contribution in [1.29, 1.82) is 0 Å². The molecule has 1 amide bonds. The first-order valence-corrected chi connectivity index (χ1v) is 10.2. The van der Waals surface area contributed by atoms with Crippen molar-refractivity contribution in [3.63, 3.8) is 0 Å². The summed E-state index contributed by atoms with van der Waals surface area (Å²) in [5.74, 6) is 0.215. The number of hydrogen-bond acceptors (Lipinski definition) is 4. The van der Waals surface area contributed by atoms with E-state index in [1.54, 1.807) is 11.8 Å². The Balaban J connectivity index is 2.34. The topological polar surface area (TPSA) is 63.2 Å². The van der Waals surface area contributed by atoms with Gasteiger partial charge in [-0.15, -0.1) is 11.8 Å². The molecule has 1 atom stereocenters. The van der Waals surface area contributed by atoms with Gasteiger partial charge in [-0.05, 0) is 31.4 Å². The van der Waals surface area contributed by atoms with E-state index in [0.717, 1.165) is 17.7 Å². The van der Waals surface area contributed by atoms with Gasteiger partial charge in [-0.2, -0.15) is 0 Å². The van der Waals surface area contributed by atoms with Crippen LogP contribution in [0.4, 0.5) is 0 Å². The van der Waals surface area contributed by atoms with Crippen LogP contribution in [0.25, 0.3) is 0 Å². The van der Waals surface area contributed by atoms with Gasteiger partial charge in [-0.1, -0.05) is 38.0 Å². The highest BCUT2D eigenvalue weighted by atomic mass is 32.2. The van der Waals surface area contributed by atoms with Gasteiger partial charge in [0, 0.05) is 17.1 Å². The van der Waals surface area contributed by atoms with Crippen LogP contribution in [-0.2, 0) is 14.8 Å². The van der Waals surface area contributed by atoms with Gasteiger partial charge in [0.05, 0.1) is 5.75 Å². The van der Waals surface area contributed by atoms with E-state index in [1.807, 2.05) is 45.0 Å². The van der Waals surface area contributed by atoms with E-state index < -0.39 is 15.9 Å². The molecule has 0 radical (unpaired) electrons. The molecule has 22 heavy (non-hydrogen) atoms. The Bertz CT molecular complexity index is 568. The first-order chi connectivity index (χ1) is 10.3. The lowest BCUT2D eigenvalue weighted by Crippen LogP contribution is -2.34. The van der Waals surface area contributed by atoms with Gasteiger partial charge in [-0.25, -0.2) is 8.42 Å². The highest BCUT2D eigenvalue weighted by Crippen LogP contribution is 2.19. The van der Waals surface area contributed by atoms with E-state index in [1.165, 1.54) is 5.56 Å². The smallest absolute Gasteiger partial charge is 0.235 e. The lowest BCUT2D eigenvalue weighted by Gasteiger charge is -2.11. The number of hydrogen-bond donors (Lipinski definition) is 1. The predicted molar refractivity (Wildman–Crippen MR) is 92.5 cm³/mol. The van der Waals surface area contributed by atoms with Crippen molar-refractivity contribution in [3.05, 3.63) is 29.8 Å². The van der Waals surface area contributed by atoms with Gasteiger partial charge in [0.1, 0.15) is 0 Å². The fraction of sp³-hybridized carbons (Fsp3) is 0.562. The van der Waals surface area contributed by atoms with Crippen LogP contribution < -0.4 is 4.72 Å². The number of aryl methyl sites for hydroxylation is 1. The third kappa shape index (κ3) is 7.84. The Morgan fingerprint density at radius 1 is 1.27 bits per heavy atom. The molecule has 0 aliphatic rings. The Kier molecular flexibility index (Phi) is 7.96. The monoisotopic (exact) mass is 343 g/mol. The summed E-state index contributed by atoms with van der Waals surface area (Å²) < 4.78 is 25.9. The summed E-state index contributed by atoms with van der Waals surface area (Å²) in [4.78, 5) is 12.8. The maximum atomic E-state index is 11.9. The van der Waals surface area contributed by atoms with Crippen LogP contribution in [0.15, 0.2) is 29.2 Å². The first kappa shape index (κ1) is 19.0. The average molecular weight is 344 g/mol. The molecule has 124 valence electrons. The van der Waals surface area contributed by atoms with Crippen molar-refractivity contribution in [2.45, 2.75) is 44.9 Å². The van der Waals surface area contributed by atoms with Crippen molar-refractivity contribution >= 4 is 27.7 Å². The maximum absolute atomic E-state index is 11.9. The van der Waals surface area contributed by atoms with Crippen LogP contribution >= 0.6 is 11.8 Å². The molecule has 1 aromatic carbocycles. The highest BCUT2D eigenvalue weighted by Gasteiger charge is 2.17. The van der Waals surface area contributed by atoms with Gasteiger partial charge in [-0.3, -0.25) is 9.52 Å². The molecular weight excluding hydrogens is 318 g/mol. The standard InChI is InChI=1S/C16H25NO3S2/c1-4-5-14(3)12-22(19,20)17-16(18)10-11-21-15-8-6-13(2)7-9-15/h6-9,14H,4-5,10-12H2,1-3H3,(H,17,18). The van der Waals surface area contributed by atoms with Crippen molar-refractivity contribution in [3.8, 4) is 0 Å². The third-order valence-electron chi connectivity index (χ3n) is 3.17. The lowest BCUT2D eigenvalue weighted by atomic mass is 10.1. The Labute approximate surface area is 138 Å². The molecule has 0 heterocycles. The average Bonchev–Trinajstić information content (AvgIpc) is 2.40. The number of rotatable bonds is 9. The van der Waals surface area contributed by atoms with Gasteiger partial charge in [0.25, 0.3) is 0 Å². The van der Waals surface area contributed by atoms with E-state index in [4.69, 9.17) is 0 Å². The van der Waals surface area contributed by atoms with Gasteiger partial charge in [0.15, 0.2) is 0 Å². The molecule has 1 N–H and O–H groups in total. The number of thioether (sulfide) groups is 1. The van der Waals surface area contributed by atoms with Crippen LogP contribution in [0.2, 0.25) is 0 Å². The molecule has 0 aliphatic carbocycles. The van der Waals surface area contributed by atoms with E-state index in [-0.39, 0.29) is 18.1 Å². The molecule has 1 rings (SSSR count). The zero-order chi connectivity index (χ0) is 16.6. The number of nitrogens with one attached hydrogen (secondary N) is 1. The van der Waals surface area contributed by atoms with Gasteiger partial charge < -0.3 is 0 Å². The van der Waals surface area contributed by atoms with Crippen molar-refractivity contribution in [2.75, 3.05) is 11.5 Å². The van der Waals surface area contributed by atoms with Crippen LogP contribution in [0, 0.1) is 12.8 Å². The summed E-state index contributed by atoms with van der Waals surface area (Å²) in [5, 5.41) is 0. The quantitative estimate of drug-likeness (QED) is 0.698. The Hall–Kier alpha value is -1.01. The maximum Gasteiger partial charge on any atom is 0.235 e. The molecule has 4 nitrogen and oxygen atoms in total. The fourth-order valence-corrected chi connectivity index (χ4v) is 4.41. The second-order valence-electron chi connectivity index (χ2n) is 5.61. The second-order valence-corrected chi connectivity index (χ2v) is 8.55. The largest absolute Gasteiger partial charge is 0.274 e. The van der Waals surface area contributed by atoms with Crippen LogP contribution in [-0.4, -0.2) is 25.8 Å². The molecular formula is C16H25NO3S2. The Morgan fingerprint density at radius 2 is 1.91 bits per heavy atom. The molecule has 1 aromatic rings. The molecule has 0 bridgehead atoms. The molecule has 0 fully saturated rings. The normalized spacial score (nSPS) is 12.9. The molecule has 0 spiro atoms. The predicted octanol–water partition coefficient (Wildman–Crippen LogP) is 3.36. The van der Waals surface area contributed by atoms with Crippen molar-refractivity contribution in [2.24, 2.45) is 5.92 Å². The molecule has 0 aromatic heterocycles. The van der Waals surface area contributed by atoms with E-state index >= 15 is 0 Å². The van der Waals surface area contributed by atoms with E-state index in [2.05, 4.69) is 4.72 Å². The van der Waals surface area contributed by atoms with Crippen LogP contribution in [0.1, 0.15) is 38.7 Å². The summed E-state index contributed by atoms with van der Waals surface area (Å²) in [6.07, 6.45) is 1.98. The molecule has 0 saturated carbocycles. The number of sulfonamides is 1. The minimum absolute atomic E-state index is 0.0116. The SMILES string of the molecule is CCCC(C)CS(=O)(=O)NC(=O)CCSc1ccc(C)cc1.